The summed E-state index contributed by atoms with van der Waals surface area (Å²) in [5.41, 5.74) is 0.961. The highest BCUT2D eigenvalue weighted by molar-refractivity contribution is 7.12. The van der Waals surface area contributed by atoms with E-state index in [9.17, 15) is 17.6 Å². The van der Waals surface area contributed by atoms with Crippen LogP contribution in [0.25, 0.3) is 0 Å². The summed E-state index contributed by atoms with van der Waals surface area (Å²) in [6.07, 6.45) is -4.73. The van der Waals surface area contributed by atoms with Gasteiger partial charge in [-0.1, -0.05) is 12.1 Å². The fourth-order valence-electron chi connectivity index (χ4n) is 1.93. The second-order valence-electron chi connectivity index (χ2n) is 4.25. The quantitative estimate of drug-likeness (QED) is 0.515. The molecule has 0 spiro atoms. The number of rotatable bonds is 3. The van der Waals surface area contributed by atoms with Crippen LogP contribution in [-0.2, 0) is 6.18 Å². The molecular formula is C13H12F4N2S. The fraction of sp³-hybridized carbons (Fsp3) is 0.231. The smallest absolute Gasteiger partial charge is 0.271 e. The molecule has 1 aromatic heterocycles. The highest BCUT2D eigenvalue weighted by atomic mass is 32.1. The SMILES string of the molecule is Cc1ccc(C(NN)c2cccc(C(F)(F)F)c2F)s1. The van der Waals surface area contributed by atoms with Crippen molar-refractivity contribution in [2.75, 3.05) is 0 Å². The van der Waals surface area contributed by atoms with Gasteiger partial charge in [0, 0.05) is 15.3 Å². The zero-order valence-corrected chi connectivity index (χ0v) is 11.3. The maximum Gasteiger partial charge on any atom is 0.419 e. The Morgan fingerprint density at radius 3 is 2.40 bits per heavy atom. The lowest BCUT2D eigenvalue weighted by Crippen LogP contribution is -2.29. The number of nitrogens with two attached hydrogens (primary N) is 1. The van der Waals surface area contributed by atoms with Gasteiger partial charge >= 0.3 is 6.18 Å². The molecule has 0 radical (unpaired) electrons. The van der Waals surface area contributed by atoms with Gasteiger partial charge in [0.25, 0.3) is 0 Å². The van der Waals surface area contributed by atoms with Gasteiger partial charge < -0.3 is 0 Å². The maximum atomic E-state index is 14.1. The monoisotopic (exact) mass is 304 g/mol. The minimum Gasteiger partial charge on any atom is -0.271 e. The third kappa shape index (κ3) is 2.84. The molecule has 2 nitrogen and oxygen atoms in total. The first-order valence-electron chi connectivity index (χ1n) is 5.72. The van der Waals surface area contributed by atoms with Gasteiger partial charge in [0.05, 0.1) is 11.6 Å². The minimum absolute atomic E-state index is 0.121. The molecule has 0 aliphatic carbocycles. The van der Waals surface area contributed by atoms with E-state index in [1.165, 1.54) is 23.5 Å². The standard InChI is InChI=1S/C13H12F4N2S/c1-7-5-6-10(20-7)12(19-18)8-3-2-4-9(11(8)14)13(15,16)17/h2-6,12,19H,18H2,1H3. The summed E-state index contributed by atoms with van der Waals surface area (Å²) in [5.74, 6) is 4.09. The molecule has 0 saturated carbocycles. The molecule has 3 N–H and O–H groups in total. The number of benzene rings is 1. The van der Waals surface area contributed by atoms with Crippen molar-refractivity contribution in [2.45, 2.75) is 19.1 Å². The lowest BCUT2D eigenvalue weighted by atomic mass is 10.0. The Bertz CT molecular complexity index is 607. The van der Waals surface area contributed by atoms with Crippen molar-refractivity contribution in [1.82, 2.24) is 5.43 Å². The van der Waals surface area contributed by atoms with Crippen molar-refractivity contribution in [2.24, 2.45) is 5.84 Å². The van der Waals surface area contributed by atoms with E-state index in [2.05, 4.69) is 5.43 Å². The largest absolute Gasteiger partial charge is 0.419 e. The van der Waals surface area contributed by atoms with Crippen molar-refractivity contribution in [1.29, 1.82) is 0 Å². The first kappa shape index (κ1) is 15.0. The van der Waals surface area contributed by atoms with Crippen LogP contribution in [-0.4, -0.2) is 0 Å². The number of halogens is 4. The number of hydrogen-bond donors (Lipinski definition) is 2. The van der Waals surface area contributed by atoms with Crippen LogP contribution in [0, 0.1) is 12.7 Å². The third-order valence-electron chi connectivity index (χ3n) is 2.86. The van der Waals surface area contributed by atoms with Gasteiger partial charge in [0.1, 0.15) is 5.82 Å². The molecule has 20 heavy (non-hydrogen) atoms. The van der Waals surface area contributed by atoms with Crippen LogP contribution < -0.4 is 11.3 Å². The summed E-state index contributed by atoms with van der Waals surface area (Å²) < 4.78 is 52.2. The molecule has 0 aliphatic rings. The lowest BCUT2D eigenvalue weighted by molar-refractivity contribution is -0.140. The van der Waals surface area contributed by atoms with Crippen LogP contribution >= 0.6 is 11.3 Å². The zero-order valence-electron chi connectivity index (χ0n) is 10.5. The molecule has 108 valence electrons. The number of thiophene rings is 1. The second-order valence-corrected chi connectivity index (χ2v) is 5.57. The second kappa shape index (κ2) is 5.51. The first-order chi connectivity index (χ1) is 9.34. The van der Waals surface area contributed by atoms with Crippen molar-refractivity contribution in [3.8, 4) is 0 Å². The Hall–Kier alpha value is -1.44. The number of alkyl halides is 3. The number of hydrogen-bond acceptors (Lipinski definition) is 3. The Kier molecular flexibility index (Phi) is 4.12. The Balaban J connectivity index is 2.51. The summed E-state index contributed by atoms with van der Waals surface area (Å²) in [6.45, 7) is 1.85. The number of aryl methyl sites for hydroxylation is 1. The van der Waals surface area contributed by atoms with Gasteiger partial charge in [-0.2, -0.15) is 13.2 Å². The molecule has 0 aliphatic heterocycles. The van der Waals surface area contributed by atoms with Crippen LogP contribution in [0.2, 0.25) is 0 Å². The molecule has 2 rings (SSSR count). The van der Waals surface area contributed by atoms with Gasteiger partial charge in [-0.3, -0.25) is 5.84 Å². The molecule has 7 heteroatoms. The van der Waals surface area contributed by atoms with Crippen molar-refractivity contribution < 1.29 is 17.6 Å². The molecule has 1 heterocycles. The lowest BCUT2D eigenvalue weighted by Gasteiger charge is -2.18. The molecule has 0 amide bonds. The zero-order chi connectivity index (χ0) is 14.9. The number of hydrazine groups is 1. The topological polar surface area (TPSA) is 38.0 Å². The van der Waals surface area contributed by atoms with E-state index in [-0.39, 0.29) is 5.56 Å². The van der Waals surface area contributed by atoms with E-state index in [0.29, 0.717) is 10.9 Å². The third-order valence-corrected chi connectivity index (χ3v) is 3.92. The van der Waals surface area contributed by atoms with Crippen LogP contribution in [0.4, 0.5) is 17.6 Å². The summed E-state index contributed by atoms with van der Waals surface area (Å²) in [5, 5.41) is 0. The highest BCUT2D eigenvalue weighted by Gasteiger charge is 2.36. The minimum atomic E-state index is -4.73. The van der Waals surface area contributed by atoms with E-state index in [4.69, 9.17) is 5.84 Å². The van der Waals surface area contributed by atoms with Gasteiger partial charge in [-0.15, -0.1) is 11.3 Å². The van der Waals surface area contributed by atoms with Crippen molar-refractivity contribution in [3.63, 3.8) is 0 Å². The van der Waals surface area contributed by atoms with Crippen LogP contribution in [0.1, 0.15) is 26.9 Å². The molecule has 2 aromatic rings. The van der Waals surface area contributed by atoms with Crippen molar-refractivity contribution >= 4 is 11.3 Å². The summed E-state index contributed by atoms with van der Waals surface area (Å²) >= 11 is 1.35. The Morgan fingerprint density at radius 2 is 1.90 bits per heavy atom. The molecule has 0 fully saturated rings. The predicted octanol–water partition coefficient (Wildman–Crippen LogP) is 3.77. The van der Waals surface area contributed by atoms with Gasteiger partial charge in [-0.05, 0) is 25.1 Å². The first-order valence-corrected chi connectivity index (χ1v) is 6.54. The van der Waals surface area contributed by atoms with Crippen molar-refractivity contribution in [3.05, 3.63) is 57.0 Å². The summed E-state index contributed by atoms with van der Waals surface area (Å²) in [4.78, 5) is 1.62. The molecule has 1 atom stereocenters. The molecule has 1 aromatic carbocycles. The average molecular weight is 304 g/mol. The van der Waals surface area contributed by atoms with E-state index in [1.807, 2.05) is 6.92 Å². The molecule has 1 unspecified atom stereocenters. The molecule has 0 saturated heterocycles. The molecular weight excluding hydrogens is 292 g/mol. The predicted molar refractivity (Wildman–Crippen MR) is 69.6 cm³/mol. The summed E-state index contributed by atoms with van der Waals surface area (Å²) in [6, 6.07) is 5.89. The number of nitrogens with one attached hydrogen (secondary N) is 1. The van der Waals surface area contributed by atoms with Gasteiger partial charge in [0.2, 0.25) is 0 Å². The normalized spacial score (nSPS) is 13.5. The van der Waals surface area contributed by atoms with Gasteiger partial charge in [0.15, 0.2) is 0 Å². The van der Waals surface area contributed by atoms with E-state index in [1.54, 1.807) is 12.1 Å². The van der Waals surface area contributed by atoms with Gasteiger partial charge in [-0.25, -0.2) is 9.82 Å². The molecule has 0 bridgehead atoms. The van der Waals surface area contributed by atoms with Crippen LogP contribution in [0.3, 0.4) is 0 Å². The Morgan fingerprint density at radius 1 is 1.20 bits per heavy atom. The average Bonchev–Trinajstić information content (AvgIpc) is 2.77. The van der Waals surface area contributed by atoms with E-state index in [0.717, 1.165) is 4.88 Å². The van der Waals surface area contributed by atoms with E-state index >= 15 is 0 Å². The van der Waals surface area contributed by atoms with Crippen LogP contribution in [0.15, 0.2) is 30.3 Å². The summed E-state index contributed by atoms with van der Waals surface area (Å²) in [7, 11) is 0. The fourth-order valence-corrected chi connectivity index (χ4v) is 2.88. The highest BCUT2D eigenvalue weighted by Crippen LogP contribution is 2.36. The maximum absolute atomic E-state index is 14.1. The van der Waals surface area contributed by atoms with Crippen LogP contribution in [0.5, 0.6) is 0 Å². The van der Waals surface area contributed by atoms with E-state index < -0.39 is 23.6 Å². The Labute approximate surface area is 117 Å².